The first-order valence-corrected chi connectivity index (χ1v) is 3.54. The summed E-state index contributed by atoms with van der Waals surface area (Å²) in [6, 6.07) is 8.41. The van der Waals surface area contributed by atoms with Crippen LogP contribution < -0.4 is 6.15 Å². The average Bonchev–Trinajstić information content (AvgIpc) is 2.05. The third-order valence-electron chi connectivity index (χ3n) is 1.80. The van der Waals surface area contributed by atoms with Crippen molar-refractivity contribution in [2.75, 3.05) is 6.54 Å². The molecule has 3 heteroatoms. The molecule has 0 spiro atoms. The van der Waals surface area contributed by atoms with Crippen LogP contribution in [0.3, 0.4) is 0 Å². The third kappa shape index (κ3) is 2.06. The molecular weight excluding hydrogens is 172 g/mol. The molecule has 0 saturated carbocycles. The summed E-state index contributed by atoms with van der Waals surface area (Å²) in [6.45, 7) is 0.955. The van der Waals surface area contributed by atoms with Gasteiger partial charge in [-0.2, -0.15) is 0 Å². The predicted octanol–water partition coefficient (Wildman–Crippen LogP) is 2.25. The standard InChI is InChI=1S/C9H9N.ClH.H3N/c1-2-4-9-7-10-6-5-8(9)3-1;;/h1-4,7H,5-6H2;1H;1H3. The predicted molar refractivity (Wildman–Crippen MR) is 54.9 cm³/mol. The molecule has 1 aromatic carbocycles. The molecule has 1 heterocycles. The average molecular weight is 185 g/mol. The molecule has 0 atom stereocenters. The monoisotopic (exact) mass is 184 g/mol. The number of nitrogens with zero attached hydrogens (tertiary/aromatic N) is 1. The summed E-state index contributed by atoms with van der Waals surface area (Å²) in [4.78, 5) is 4.19. The molecule has 0 aliphatic carbocycles. The maximum atomic E-state index is 4.19. The Hall–Kier alpha value is -0.860. The fraction of sp³-hybridized carbons (Fsp3) is 0.222. The lowest BCUT2D eigenvalue weighted by Gasteiger charge is -2.07. The van der Waals surface area contributed by atoms with Crippen LogP contribution in [0.25, 0.3) is 0 Å². The zero-order valence-corrected chi connectivity index (χ0v) is 7.68. The molecule has 0 unspecified atom stereocenters. The van der Waals surface area contributed by atoms with Crippen LogP contribution in [0.5, 0.6) is 0 Å². The first kappa shape index (κ1) is 11.1. The summed E-state index contributed by atoms with van der Waals surface area (Å²) < 4.78 is 0. The van der Waals surface area contributed by atoms with Gasteiger partial charge in [-0.15, -0.1) is 12.4 Å². The second kappa shape index (κ2) is 4.91. The zero-order chi connectivity index (χ0) is 6.81. The number of rotatable bonds is 0. The second-order valence-electron chi connectivity index (χ2n) is 2.48. The lowest BCUT2D eigenvalue weighted by Crippen LogP contribution is -2.01. The van der Waals surface area contributed by atoms with Crippen molar-refractivity contribution < 1.29 is 0 Å². The van der Waals surface area contributed by atoms with Crippen molar-refractivity contribution in [3.63, 3.8) is 0 Å². The van der Waals surface area contributed by atoms with Gasteiger partial charge in [-0.3, -0.25) is 4.99 Å². The van der Waals surface area contributed by atoms with E-state index in [9.17, 15) is 0 Å². The van der Waals surface area contributed by atoms with E-state index in [1.165, 1.54) is 11.1 Å². The fourth-order valence-electron chi connectivity index (χ4n) is 1.24. The molecule has 1 aromatic rings. The van der Waals surface area contributed by atoms with Gasteiger partial charge in [0, 0.05) is 12.8 Å². The highest BCUT2D eigenvalue weighted by Gasteiger charge is 2.01. The first-order valence-electron chi connectivity index (χ1n) is 3.54. The molecule has 3 N–H and O–H groups in total. The summed E-state index contributed by atoms with van der Waals surface area (Å²) in [5.41, 5.74) is 2.71. The van der Waals surface area contributed by atoms with Crippen molar-refractivity contribution in [2.45, 2.75) is 6.42 Å². The number of halogens is 1. The lowest BCUT2D eigenvalue weighted by molar-refractivity contribution is 0.952. The molecule has 0 saturated heterocycles. The van der Waals surface area contributed by atoms with Gasteiger partial charge in [0.05, 0.1) is 0 Å². The van der Waals surface area contributed by atoms with Gasteiger partial charge < -0.3 is 6.15 Å². The van der Waals surface area contributed by atoms with E-state index in [4.69, 9.17) is 0 Å². The maximum Gasteiger partial charge on any atom is 0.0430 e. The third-order valence-corrected chi connectivity index (χ3v) is 1.80. The van der Waals surface area contributed by atoms with Gasteiger partial charge in [0.2, 0.25) is 0 Å². The van der Waals surface area contributed by atoms with Crippen LogP contribution in [0.4, 0.5) is 0 Å². The van der Waals surface area contributed by atoms with Crippen LogP contribution in [-0.2, 0) is 6.42 Å². The van der Waals surface area contributed by atoms with E-state index in [1.807, 2.05) is 6.21 Å². The quantitative estimate of drug-likeness (QED) is 0.661. The zero-order valence-electron chi connectivity index (χ0n) is 6.86. The number of aliphatic imine (C=N–C) groups is 1. The lowest BCUT2D eigenvalue weighted by atomic mass is 10.0. The van der Waals surface area contributed by atoms with E-state index < -0.39 is 0 Å². The Morgan fingerprint density at radius 1 is 1.17 bits per heavy atom. The summed E-state index contributed by atoms with van der Waals surface area (Å²) >= 11 is 0. The summed E-state index contributed by atoms with van der Waals surface area (Å²) in [5.74, 6) is 0. The Morgan fingerprint density at radius 3 is 2.67 bits per heavy atom. The van der Waals surface area contributed by atoms with Crippen molar-refractivity contribution in [1.82, 2.24) is 6.15 Å². The largest absolute Gasteiger partial charge is 0.344 e. The van der Waals surface area contributed by atoms with Crippen LogP contribution in [-0.4, -0.2) is 12.8 Å². The highest BCUT2D eigenvalue weighted by Crippen LogP contribution is 2.10. The van der Waals surface area contributed by atoms with Gasteiger partial charge in [-0.25, -0.2) is 0 Å². The molecule has 1 aliphatic rings. The van der Waals surface area contributed by atoms with Crippen LogP contribution in [0.1, 0.15) is 11.1 Å². The van der Waals surface area contributed by atoms with Crippen LogP contribution in [0.15, 0.2) is 29.3 Å². The van der Waals surface area contributed by atoms with E-state index in [0.717, 1.165) is 13.0 Å². The Labute approximate surface area is 78.7 Å². The smallest absolute Gasteiger partial charge is 0.0430 e. The molecular formula is C9H13ClN2. The van der Waals surface area contributed by atoms with Gasteiger partial charge in [0.25, 0.3) is 0 Å². The summed E-state index contributed by atoms with van der Waals surface area (Å²) in [6.07, 6.45) is 3.06. The minimum atomic E-state index is 0. The van der Waals surface area contributed by atoms with Crippen molar-refractivity contribution in [3.8, 4) is 0 Å². The number of fused-ring (bicyclic) bond motifs is 1. The van der Waals surface area contributed by atoms with Gasteiger partial charge in [0.15, 0.2) is 0 Å². The van der Waals surface area contributed by atoms with E-state index in [1.54, 1.807) is 0 Å². The minimum Gasteiger partial charge on any atom is -0.344 e. The summed E-state index contributed by atoms with van der Waals surface area (Å²) in [5, 5.41) is 0. The highest BCUT2D eigenvalue weighted by atomic mass is 35.5. The van der Waals surface area contributed by atoms with E-state index in [2.05, 4.69) is 29.3 Å². The normalized spacial score (nSPS) is 12.3. The molecule has 0 fully saturated rings. The molecule has 0 radical (unpaired) electrons. The first-order chi connectivity index (χ1) is 4.97. The number of hydrogen-bond acceptors (Lipinski definition) is 2. The molecule has 0 aromatic heterocycles. The molecule has 66 valence electrons. The molecule has 2 nitrogen and oxygen atoms in total. The Bertz CT molecular complexity index is 271. The van der Waals surface area contributed by atoms with Gasteiger partial charge in [0.1, 0.15) is 0 Å². The van der Waals surface area contributed by atoms with Gasteiger partial charge in [-0.1, -0.05) is 24.3 Å². The van der Waals surface area contributed by atoms with Crippen LogP contribution >= 0.6 is 12.4 Å². The molecule has 2 rings (SSSR count). The van der Waals surface area contributed by atoms with Crippen LogP contribution in [0, 0.1) is 0 Å². The van der Waals surface area contributed by atoms with Crippen molar-refractivity contribution in [3.05, 3.63) is 35.4 Å². The van der Waals surface area contributed by atoms with E-state index >= 15 is 0 Å². The molecule has 12 heavy (non-hydrogen) atoms. The molecule has 1 aliphatic heterocycles. The fourth-order valence-corrected chi connectivity index (χ4v) is 1.24. The maximum absolute atomic E-state index is 4.19. The van der Waals surface area contributed by atoms with Crippen molar-refractivity contribution >= 4 is 18.6 Å². The van der Waals surface area contributed by atoms with Gasteiger partial charge in [-0.05, 0) is 17.5 Å². The Morgan fingerprint density at radius 2 is 1.92 bits per heavy atom. The van der Waals surface area contributed by atoms with Crippen molar-refractivity contribution in [2.24, 2.45) is 4.99 Å². The van der Waals surface area contributed by atoms with E-state index in [0.29, 0.717) is 0 Å². The highest BCUT2D eigenvalue weighted by molar-refractivity contribution is 5.85. The second-order valence-corrected chi connectivity index (χ2v) is 2.48. The summed E-state index contributed by atoms with van der Waals surface area (Å²) in [7, 11) is 0. The Kier molecular flexibility index (Phi) is 4.55. The minimum absolute atomic E-state index is 0. The van der Waals surface area contributed by atoms with Crippen LogP contribution in [0.2, 0.25) is 0 Å². The molecule has 0 bridgehead atoms. The number of hydrogen-bond donors (Lipinski definition) is 1. The SMILES string of the molecule is C1=NCCc2ccccc21.Cl.N. The van der Waals surface area contributed by atoms with Gasteiger partial charge >= 0.3 is 0 Å². The number of benzene rings is 1. The molecule has 0 amide bonds. The Balaban J connectivity index is 0.000000605. The van der Waals surface area contributed by atoms with E-state index in [-0.39, 0.29) is 18.6 Å². The topological polar surface area (TPSA) is 47.4 Å². The van der Waals surface area contributed by atoms with Crippen molar-refractivity contribution in [1.29, 1.82) is 0 Å².